The van der Waals surface area contributed by atoms with Gasteiger partial charge in [0, 0.05) is 38.3 Å². The molecule has 3 rings (SSSR count). The van der Waals surface area contributed by atoms with Crippen LogP contribution in [0.25, 0.3) is 0 Å². The molecule has 168 valence electrons. The molecule has 1 aromatic heterocycles. The van der Waals surface area contributed by atoms with E-state index in [0.717, 1.165) is 17.7 Å². The third kappa shape index (κ3) is 5.72. The first-order valence-corrected chi connectivity index (χ1v) is 12.8. The fourth-order valence-corrected chi connectivity index (χ4v) is 5.44. The number of amides is 2. The van der Waals surface area contributed by atoms with Crippen molar-refractivity contribution < 1.29 is 18.0 Å². The second-order valence-corrected chi connectivity index (χ2v) is 10.7. The van der Waals surface area contributed by atoms with Gasteiger partial charge in [-0.25, -0.2) is 12.7 Å². The molecule has 0 spiro atoms. The highest BCUT2D eigenvalue weighted by atomic mass is 32.2. The molecule has 1 N–H and O–H groups in total. The maximum atomic E-state index is 12.6. The largest absolute Gasteiger partial charge is 0.338 e. The zero-order chi connectivity index (χ0) is 22.4. The van der Waals surface area contributed by atoms with E-state index in [0.29, 0.717) is 38.2 Å². The van der Waals surface area contributed by atoms with Crippen LogP contribution in [0.3, 0.4) is 0 Å². The summed E-state index contributed by atoms with van der Waals surface area (Å²) in [6.07, 6.45) is 2.95. The van der Waals surface area contributed by atoms with Crippen molar-refractivity contribution in [2.45, 2.75) is 37.5 Å². The maximum Gasteiger partial charge on any atom is 0.263 e. The lowest BCUT2D eigenvalue weighted by Crippen LogP contribution is -2.41. The van der Waals surface area contributed by atoms with Crippen molar-refractivity contribution >= 4 is 38.9 Å². The highest BCUT2D eigenvalue weighted by Gasteiger charge is 2.28. The smallest absolute Gasteiger partial charge is 0.263 e. The number of thiophene rings is 1. The minimum atomic E-state index is -3.53. The predicted octanol–water partition coefficient (Wildman–Crippen LogP) is 3.66. The molecule has 1 saturated heterocycles. The Bertz CT molecular complexity index is 980. The number of hydrogen-bond acceptors (Lipinski definition) is 5. The third-order valence-electron chi connectivity index (χ3n) is 5.54. The number of rotatable bonds is 8. The van der Waals surface area contributed by atoms with Crippen LogP contribution in [0.15, 0.2) is 46.7 Å². The summed E-state index contributed by atoms with van der Waals surface area (Å²) in [6, 6.07) is 9.96. The van der Waals surface area contributed by atoms with Crippen LogP contribution in [0.1, 0.15) is 42.3 Å². The molecule has 0 radical (unpaired) electrons. The third-order valence-corrected chi connectivity index (χ3v) is 8.27. The van der Waals surface area contributed by atoms with Crippen LogP contribution in [0.5, 0.6) is 0 Å². The molecule has 1 aromatic carbocycles. The molecule has 0 atom stereocenters. The molecule has 2 amide bonds. The van der Waals surface area contributed by atoms with Crippen LogP contribution in [-0.4, -0.2) is 56.1 Å². The molecular formula is C22H29N3O4S2. The molecule has 31 heavy (non-hydrogen) atoms. The van der Waals surface area contributed by atoms with Gasteiger partial charge in [0.05, 0.1) is 9.77 Å². The molecule has 0 bridgehead atoms. The Hall–Kier alpha value is -2.23. The summed E-state index contributed by atoms with van der Waals surface area (Å²) in [5.41, 5.74) is 0.567. The van der Waals surface area contributed by atoms with Gasteiger partial charge in [-0.15, -0.1) is 11.3 Å². The lowest BCUT2D eigenvalue weighted by molar-refractivity contribution is -0.121. The highest BCUT2D eigenvalue weighted by molar-refractivity contribution is 7.89. The highest BCUT2D eigenvalue weighted by Crippen LogP contribution is 2.23. The van der Waals surface area contributed by atoms with Crippen LogP contribution in [0.4, 0.5) is 5.69 Å². The number of benzene rings is 1. The Morgan fingerprint density at radius 2 is 1.84 bits per heavy atom. The molecular weight excluding hydrogens is 434 g/mol. The molecule has 1 aliphatic rings. The van der Waals surface area contributed by atoms with Gasteiger partial charge in [0.15, 0.2) is 0 Å². The lowest BCUT2D eigenvalue weighted by atomic mass is 9.95. The molecule has 9 heteroatoms. The summed E-state index contributed by atoms with van der Waals surface area (Å²) in [4.78, 5) is 27.8. The van der Waals surface area contributed by atoms with E-state index < -0.39 is 10.0 Å². The van der Waals surface area contributed by atoms with E-state index in [-0.39, 0.29) is 22.6 Å². The van der Waals surface area contributed by atoms with E-state index in [4.69, 9.17) is 0 Å². The molecule has 0 aliphatic carbocycles. The van der Waals surface area contributed by atoms with Crippen molar-refractivity contribution in [3.8, 4) is 0 Å². The van der Waals surface area contributed by atoms with Gasteiger partial charge in [0.25, 0.3) is 5.91 Å². The number of anilines is 1. The number of carbonyl (C=O) groups excluding carboxylic acids is 2. The topological polar surface area (TPSA) is 86.8 Å². The second kappa shape index (κ2) is 10.4. The number of sulfonamides is 1. The second-order valence-electron chi connectivity index (χ2n) is 7.74. The maximum absolute atomic E-state index is 12.6. The van der Waals surface area contributed by atoms with Gasteiger partial charge in [0.2, 0.25) is 15.9 Å². The number of unbranched alkanes of at least 4 members (excludes halogenated alkanes) is 1. The van der Waals surface area contributed by atoms with Gasteiger partial charge in [-0.05, 0) is 55.0 Å². The van der Waals surface area contributed by atoms with Crippen molar-refractivity contribution in [3.63, 3.8) is 0 Å². The van der Waals surface area contributed by atoms with E-state index >= 15 is 0 Å². The van der Waals surface area contributed by atoms with Gasteiger partial charge < -0.3 is 10.2 Å². The number of piperidine rings is 1. The Morgan fingerprint density at radius 3 is 2.42 bits per heavy atom. The summed E-state index contributed by atoms with van der Waals surface area (Å²) in [5.74, 6) is -0.246. The minimum absolute atomic E-state index is 0.0227. The number of nitrogens with zero attached hydrogens (tertiary/aromatic N) is 2. The summed E-state index contributed by atoms with van der Waals surface area (Å²) in [7, 11) is -1.95. The molecule has 2 aromatic rings. The van der Waals surface area contributed by atoms with E-state index in [1.54, 1.807) is 24.1 Å². The van der Waals surface area contributed by atoms with Crippen molar-refractivity contribution in [2.75, 3.05) is 32.0 Å². The number of nitrogens with one attached hydrogen (secondary N) is 1. The van der Waals surface area contributed by atoms with E-state index in [1.165, 1.54) is 27.8 Å². The van der Waals surface area contributed by atoms with Crippen LogP contribution in [-0.2, 0) is 14.8 Å². The molecule has 1 fully saturated rings. The zero-order valence-corrected chi connectivity index (χ0v) is 19.5. The van der Waals surface area contributed by atoms with Crippen molar-refractivity contribution in [1.29, 1.82) is 0 Å². The minimum Gasteiger partial charge on any atom is -0.338 e. The van der Waals surface area contributed by atoms with E-state index in [1.807, 2.05) is 24.4 Å². The average Bonchev–Trinajstić information content (AvgIpc) is 3.32. The Morgan fingerprint density at radius 1 is 1.16 bits per heavy atom. The first-order valence-electron chi connectivity index (χ1n) is 10.5. The fraction of sp³-hybridized carbons (Fsp3) is 0.455. The normalized spacial score (nSPS) is 15.3. The Labute approximate surface area is 188 Å². The standard InChI is InChI=1S/C22H29N3O4S2/c1-3-4-13-24(2)31(28,29)19-9-7-18(8-10-19)23-21(26)17-11-14-25(15-12-17)22(27)20-6-5-16-30-20/h5-10,16-17H,3-4,11-15H2,1-2H3,(H,23,26). The van der Waals surface area contributed by atoms with Gasteiger partial charge in [-0.1, -0.05) is 19.4 Å². The average molecular weight is 464 g/mol. The lowest BCUT2D eigenvalue weighted by Gasteiger charge is -2.31. The zero-order valence-electron chi connectivity index (χ0n) is 17.9. The summed E-state index contributed by atoms with van der Waals surface area (Å²) < 4.78 is 26.6. The molecule has 1 aliphatic heterocycles. The quantitative estimate of drug-likeness (QED) is 0.647. The Kier molecular flexibility index (Phi) is 7.85. The van der Waals surface area contributed by atoms with Gasteiger partial charge in [-0.2, -0.15) is 0 Å². The molecule has 0 unspecified atom stereocenters. The van der Waals surface area contributed by atoms with Gasteiger partial charge in [-0.3, -0.25) is 9.59 Å². The van der Waals surface area contributed by atoms with Crippen LogP contribution in [0, 0.1) is 5.92 Å². The van der Waals surface area contributed by atoms with E-state index in [9.17, 15) is 18.0 Å². The van der Waals surface area contributed by atoms with Crippen LogP contribution < -0.4 is 5.32 Å². The van der Waals surface area contributed by atoms with Gasteiger partial charge >= 0.3 is 0 Å². The predicted molar refractivity (Wildman–Crippen MR) is 123 cm³/mol. The fourth-order valence-electron chi connectivity index (χ4n) is 3.54. The monoisotopic (exact) mass is 463 g/mol. The van der Waals surface area contributed by atoms with Gasteiger partial charge in [0.1, 0.15) is 0 Å². The summed E-state index contributed by atoms with van der Waals surface area (Å²) >= 11 is 1.43. The van der Waals surface area contributed by atoms with Crippen molar-refractivity contribution in [2.24, 2.45) is 5.92 Å². The summed E-state index contributed by atoms with van der Waals surface area (Å²) in [6.45, 7) is 3.60. The first kappa shape index (κ1) is 23.4. The molecule has 2 heterocycles. The van der Waals surface area contributed by atoms with Crippen LogP contribution in [0.2, 0.25) is 0 Å². The SMILES string of the molecule is CCCCN(C)S(=O)(=O)c1ccc(NC(=O)C2CCN(C(=O)c3cccs3)CC2)cc1. The van der Waals surface area contributed by atoms with Crippen LogP contribution >= 0.6 is 11.3 Å². The van der Waals surface area contributed by atoms with E-state index in [2.05, 4.69) is 5.32 Å². The molecule has 7 nitrogen and oxygen atoms in total. The number of likely N-dealkylation sites (tertiary alicyclic amines) is 1. The van der Waals surface area contributed by atoms with Crippen molar-refractivity contribution in [3.05, 3.63) is 46.7 Å². The number of carbonyl (C=O) groups is 2. The molecule has 0 saturated carbocycles. The van der Waals surface area contributed by atoms with Crippen molar-refractivity contribution in [1.82, 2.24) is 9.21 Å². The summed E-state index contributed by atoms with van der Waals surface area (Å²) in [5, 5.41) is 4.76. The number of hydrogen-bond donors (Lipinski definition) is 1. The first-order chi connectivity index (χ1) is 14.8. The Balaban J connectivity index is 1.54.